The smallest absolute Gasteiger partial charge is 0.321 e. The van der Waals surface area contributed by atoms with Crippen LogP contribution in [0.4, 0.5) is 4.79 Å². The summed E-state index contributed by atoms with van der Waals surface area (Å²) in [6.45, 7) is 4.26. The molecule has 1 aliphatic rings. The zero-order chi connectivity index (χ0) is 16.7. The number of carbonyl (C=O) groups excluding carboxylic acids is 2. The Morgan fingerprint density at radius 3 is 2.96 bits per heavy atom. The summed E-state index contributed by atoms with van der Waals surface area (Å²) in [5.74, 6) is 2.23. The molecule has 1 aliphatic carbocycles. The summed E-state index contributed by atoms with van der Waals surface area (Å²) in [5, 5.41) is 4.81. The molecule has 0 aliphatic heterocycles. The summed E-state index contributed by atoms with van der Waals surface area (Å²) >= 11 is 0. The van der Waals surface area contributed by atoms with E-state index < -0.39 is 6.03 Å². The minimum atomic E-state index is -0.526. The van der Waals surface area contributed by atoms with Gasteiger partial charge in [-0.05, 0) is 24.0 Å². The molecule has 5 nitrogen and oxygen atoms in total. The maximum Gasteiger partial charge on any atom is 0.321 e. The van der Waals surface area contributed by atoms with Crippen molar-refractivity contribution in [1.82, 2.24) is 15.5 Å². The van der Waals surface area contributed by atoms with Gasteiger partial charge in [0.05, 0.1) is 13.1 Å². The molecule has 0 radical (unpaired) electrons. The summed E-state index contributed by atoms with van der Waals surface area (Å²) in [6.07, 6.45) is 8.89. The highest BCUT2D eigenvalue weighted by Crippen LogP contribution is 2.35. The van der Waals surface area contributed by atoms with Crippen molar-refractivity contribution in [2.75, 3.05) is 19.6 Å². The normalized spacial score (nSPS) is 15.6. The average molecular weight is 311 g/mol. The minimum Gasteiger partial charge on any atom is -0.334 e. The number of imide groups is 1. The highest BCUT2D eigenvalue weighted by atomic mass is 16.2. The fourth-order valence-corrected chi connectivity index (χ4v) is 2.87. The molecule has 5 heteroatoms. The van der Waals surface area contributed by atoms with Crippen molar-refractivity contribution in [3.8, 4) is 12.3 Å². The van der Waals surface area contributed by atoms with Gasteiger partial charge in [0.1, 0.15) is 0 Å². The first-order valence-electron chi connectivity index (χ1n) is 7.59. The van der Waals surface area contributed by atoms with E-state index in [0.717, 1.165) is 12.8 Å². The van der Waals surface area contributed by atoms with Crippen LogP contribution in [0, 0.1) is 12.3 Å². The molecule has 2 rings (SSSR count). The third kappa shape index (κ3) is 4.44. The van der Waals surface area contributed by atoms with Crippen LogP contribution in [-0.4, -0.2) is 36.5 Å². The molecule has 0 bridgehead atoms. The van der Waals surface area contributed by atoms with Crippen LogP contribution in [0.3, 0.4) is 0 Å². The predicted octanol–water partition coefficient (Wildman–Crippen LogP) is 1.62. The highest BCUT2D eigenvalue weighted by molar-refractivity contribution is 5.95. The number of fused-ring (bicyclic) bond motifs is 1. The number of terminal acetylenes is 1. The lowest BCUT2D eigenvalue weighted by Crippen LogP contribution is -2.45. The van der Waals surface area contributed by atoms with E-state index in [2.05, 4.69) is 35.3 Å². The van der Waals surface area contributed by atoms with E-state index in [4.69, 9.17) is 6.42 Å². The first-order valence-corrected chi connectivity index (χ1v) is 7.59. The molecule has 0 saturated carbocycles. The Labute approximate surface area is 136 Å². The molecule has 1 aromatic rings. The van der Waals surface area contributed by atoms with Gasteiger partial charge in [-0.3, -0.25) is 15.0 Å². The minimum absolute atomic E-state index is 0.0880. The second-order valence-electron chi connectivity index (χ2n) is 5.41. The monoisotopic (exact) mass is 311 g/mol. The second-order valence-corrected chi connectivity index (χ2v) is 5.41. The third-order valence-corrected chi connectivity index (χ3v) is 3.84. The Morgan fingerprint density at radius 2 is 2.22 bits per heavy atom. The van der Waals surface area contributed by atoms with Gasteiger partial charge in [0.25, 0.3) is 0 Å². The lowest BCUT2D eigenvalue weighted by Gasteiger charge is -2.27. The average Bonchev–Trinajstić information content (AvgIpc) is 2.96. The number of nitrogens with zero attached hydrogens (tertiary/aromatic N) is 1. The summed E-state index contributed by atoms with van der Waals surface area (Å²) in [5.41, 5.74) is 2.51. The molecule has 0 unspecified atom stereocenters. The van der Waals surface area contributed by atoms with Gasteiger partial charge in [0.15, 0.2) is 0 Å². The van der Waals surface area contributed by atoms with Crippen molar-refractivity contribution in [3.05, 3.63) is 48.0 Å². The fraction of sp³-hybridized carbons (Fsp3) is 0.333. The maximum absolute atomic E-state index is 12.1. The van der Waals surface area contributed by atoms with Crippen molar-refractivity contribution in [2.24, 2.45) is 0 Å². The molecule has 1 atom stereocenters. The van der Waals surface area contributed by atoms with Crippen molar-refractivity contribution < 1.29 is 9.59 Å². The number of carbonyl (C=O) groups is 2. The standard InChI is InChI=1S/C18H21N3O2/c1-3-11-19-18(23)20-17(22)13-21(12-4-2)16-10-9-14-7-5-6-8-15(14)16/h2-3,5-8,16H,1,9-13H2,(H2,19,20,22,23)/t16-/m1/s1. The van der Waals surface area contributed by atoms with Crippen LogP contribution in [0.2, 0.25) is 0 Å². The van der Waals surface area contributed by atoms with Gasteiger partial charge in [-0.25, -0.2) is 4.79 Å². The van der Waals surface area contributed by atoms with E-state index in [9.17, 15) is 9.59 Å². The SMILES string of the molecule is C#CCN(CC(=O)NC(=O)NCC=C)[C@@H]1CCc2ccccc21. The Kier molecular flexibility index (Phi) is 5.95. The number of hydrogen-bond donors (Lipinski definition) is 2. The fourth-order valence-electron chi connectivity index (χ4n) is 2.87. The molecule has 0 fully saturated rings. The van der Waals surface area contributed by atoms with Crippen LogP contribution in [0.5, 0.6) is 0 Å². The van der Waals surface area contributed by atoms with Crippen molar-refractivity contribution in [1.29, 1.82) is 0 Å². The quantitative estimate of drug-likeness (QED) is 0.620. The molecular weight excluding hydrogens is 290 g/mol. The Bertz CT molecular complexity index is 633. The van der Waals surface area contributed by atoms with Gasteiger partial charge in [-0.1, -0.05) is 36.3 Å². The number of rotatable bonds is 6. The number of amides is 3. The number of benzene rings is 1. The van der Waals surface area contributed by atoms with Gasteiger partial charge in [0, 0.05) is 12.6 Å². The van der Waals surface area contributed by atoms with Crippen LogP contribution >= 0.6 is 0 Å². The van der Waals surface area contributed by atoms with Crippen molar-refractivity contribution >= 4 is 11.9 Å². The lowest BCUT2D eigenvalue weighted by molar-refractivity contribution is -0.121. The summed E-state index contributed by atoms with van der Waals surface area (Å²) in [6, 6.07) is 7.78. The third-order valence-electron chi connectivity index (χ3n) is 3.84. The van der Waals surface area contributed by atoms with Crippen molar-refractivity contribution in [3.63, 3.8) is 0 Å². The molecular formula is C18H21N3O2. The van der Waals surface area contributed by atoms with E-state index in [0.29, 0.717) is 13.1 Å². The summed E-state index contributed by atoms with van der Waals surface area (Å²) in [7, 11) is 0. The van der Waals surface area contributed by atoms with Gasteiger partial charge in [-0.2, -0.15) is 0 Å². The first kappa shape index (κ1) is 16.8. The van der Waals surface area contributed by atoms with Crippen LogP contribution in [-0.2, 0) is 11.2 Å². The van der Waals surface area contributed by atoms with E-state index in [1.54, 1.807) is 6.08 Å². The molecule has 0 saturated heterocycles. The molecule has 0 spiro atoms. The van der Waals surface area contributed by atoms with Crippen molar-refractivity contribution in [2.45, 2.75) is 18.9 Å². The predicted molar refractivity (Wildman–Crippen MR) is 89.6 cm³/mol. The van der Waals surface area contributed by atoms with E-state index in [-0.39, 0.29) is 18.5 Å². The van der Waals surface area contributed by atoms with Crippen LogP contribution < -0.4 is 10.6 Å². The zero-order valence-corrected chi connectivity index (χ0v) is 13.0. The number of nitrogens with one attached hydrogen (secondary N) is 2. The topological polar surface area (TPSA) is 61.4 Å². The Balaban J connectivity index is 2.00. The van der Waals surface area contributed by atoms with Gasteiger partial charge in [-0.15, -0.1) is 13.0 Å². The molecule has 3 amide bonds. The molecule has 1 aromatic carbocycles. The van der Waals surface area contributed by atoms with Crippen LogP contribution in [0.1, 0.15) is 23.6 Å². The number of urea groups is 1. The molecule has 120 valence electrons. The van der Waals surface area contributed by atoms with Crippen LogP contribution in [0.15, 0.2) is 36.9 Å². The molecule has 2 N–H and O–H groups in total. The first-order chi connectivity index (χ1) is 11.2. The van der Waals surface area contributed by atoms with Gasteiger partial charge < -0.3 is 5.32 Å². The maximum atomic E-state index is 12.1. The van der Waals surface area contributed by atoms with Crippen LogP contribution in [0.25, 0.3) is 0 Å². The number of hydrogen-bond acceptors (Lipinski definition) is 3. The summed E-state index contributed by atoms with van der Waals surface area (Å²) < 4.78 is 0. The lowest BCUT2D eigenvalue weighted by atomic mass is 10.1. The highest BCUT2D eigenvalue weighted by Gasteiger charge is 2.28. The van der Waals surface area contributed by atoms with Gasteiger partial charge >= 0.3 is 6.03 Å². The van der Waals surface area contributed by atoms with Gasteiger partial charge in [0.2, 0.25) is 5.91 Å². The largest absolute Gasteiger partial charge is 0.334 e. The summed E-state index contributed by atoms with van der Waals surface area (Å²) in [4.78, 5) is 25.5. The molecule has 23 heavy (non-hydrogen) atoms. The molecule has 0 heterocycles. The number of aryl methyl sites for hydroxylation is 1. The van der Waals surface area contributed by atoms with E-state index >= 15 is 0 Å². The Hall–Kier alpha value is -2.58. The van der Waals surface area contributed by atoms with E-state index in [1.165, 1.54) is 11.1 Å². The Morgan fingerprint density at radius 1 is 1.43 bits per heavy atom. The zero-order valence-electron chi connectivity index (χ0n) is 13.0. The van der Waals surface area contributed by atoms with E-state index in [1.807, 2.05) is 17.0 Å². The molecule has 0 aromatic heterocycles. The second kappa shape index (κ2) is 8.16.